The molecule has 1 amide bonds. The summed E-state index contributed by atoms with van der Waals surface area (Å²) in [6.45, 7) is 5.36. The highest BCUT2D eigenvalue weighted by molar-refractivity contribution is 5.75. The lowest BCUT2D eigenvalue weighted by Crippen LogP contribution is -2.22. The molecule has 0 radical (unpaired) electrons. The summed E-state index contributed by atoms with van der Waals surface area (Å²) in [4.78, 5) is 12.2. The van der Waals surface area contributed by atoms with E-state index in [0.29, 0.717) is 6.54 Å². The average Bonchev–Trinajstić information content (AvgIpc) is 2.25. The summed E-state index contributed by atoms with van der Waals surface area (Å²) in [5, 5.41) is 8.75. The van der Waals surface area contributed by atoms with Crippen LogP contribution in [0.4, 0.5) is 0 Å². The van der Waals surface area contributed by atoms with Crippen molar-refractivity contribution in [3.8, 4) is 6.19 Å². The summed E-state index contributed by atoms with van der Waals surface area (Å²) in [6, 6.07) is 7.55. The molecule has 0 spiro atoms. The molecule has 0 fully saturated rings. The van der Waals surface area contributed by atoms with E-state index in [1.165, 1.54) is 6.92 Å². The zero-order valence-electron chi connectivity index (χ0n) is 8.60. The first kappa shape index (κ1) is 11.0. The molecule has 0 aliphatic heterocycles. The van der Waals surface area contributed by atoms with Gasteiger partial charge >= 0.3 is 0 Å². The third-order valence-electron chi connectivity index (χ3n) is 2.10. The van der Waals surface area contributed by atoms with Crippen LogP contribution in [0.3, 0.4) is 0 Å². The van der Waals surface area contributed by atoms with Crippen molar-refractivity contribution in [3.05, 3.63) is 42.0 Å². The summed E-state index contributed by atoms with van der Waals surface area (Å²) >= 11 is 0. The van der Waals surface area contributed by atoms with Gasteiger partial charge in [-0.25, -0.2) is 4.90 Å². The zero-order valence-corrected chi connectivity index (χ0v) is 8.60. The number of benzene rings is 1. The molecule has 0 aliphatic rings. The second-order valence-electron chi connectivity index (χ2n) is 3.11. The lowest BCUT2D eigenvalue weighted by molar-refractivity contribution is -0.126. The van der Waals surface area contributed by atoms with Crippen LogP contribution in [-0.4, -0.2) is 10.8 Å². The largest absolute Gasteiger partial charge is 0.274 e. The maximum atomic E-state index is 11.1. The quantitative estimate of drug-likeness (QED) is 0.554. The van der Waals surface area contributed by atoms with Crippen molar-refractivity contribution < 1.29 is 4.79 Å². The van der Waals surface area contributed by atoms with Crippen LogP contribution in [0, 0.1) is 11.5 Å². The van der Waals surface area contributed by atoms with Crippen molar-refractivity contribution in [2.45, 2.75) is 13.5 Å². The Morgan fingerprint density at radius 3 is 2.80 bits per heavy atom. The Morgan fingerprint density at radius 1 is 1.60 bits per heavy atom. The van der Waals surface area contributed by atoms with Gasteiger partial charge in [0.1, 0.15) is 0 Å². The molecule has 0 atom stereocenters. The molecule has 0 aromatic heterocycles. The van der Waals surface area contributed by atoms with Gasteiger partial charge in [0.2, 0.25) is 5.91 Å². The van der Waals surface area contributed by atoms with Gasteiger partial charge in [-0.2, -0.15) is 5.26 Å². The first-order valence-electron chi connectivity index (χ1n) is 4.57. The first-order chi connectivity index (χ1) is 7.19. The number of hydrogen-bond donors (Lipinski definition) is 0. The van der Waals surface area contributed by atoms with Crippen molar-refractivity contribution in [2.75, 3.05) is 0 Å². The number of nitriles is 1. The van der Waals surface area contributed by atoms with E-state index in [9.17, 15) is 4.79 Å². The van der Waals surface area contributed by atoms with E-state index < -0.39 is 0 Å². The van der Waals surface area contributed by atoms with Gasteiger partial charge in [0.25, 0.3) is 0 Å². The van der Waals surface area contributed by atoms with Crippen LogP contribution in [-0.2, 0) is 11.3 Å². The Morgan fingerprint density at radius 2 is 2.27 bits per heavy atom. The molecule has 1 rings (SSSR count). The summed E-state index contributed by atoms with van der Waals surface area (Å²) in [6.07, 6.45) is 3.56. The highest BCUT2D eigenvalue weighted by atomic mass is 16.2. The van der Waals surface area contributed by atoms with Crippen molar-refractivity contribution >= 4 is 12.0 Å². The van der Waals surface area contributed by atoms with Crippen LogP contribution >= 0.6 is 0 Å². The SMILES string of the molecule is C=Cc1ccccc1CN(C#N)C(C)=O. The van der Waals surface area contributed by atoms with Crippen molar-refractivity contribution in [2.24, 2.45) is 0 Å². The summed E-state index contributed by atoms with van der Waals surface area (Å²) in [5.41, 5.74) is 1.86. The molecule has 0 saturated heterocycles. The zero-order chi connectivity index (χ0) is 11.3. The molecule has 3 nitrogen and oxygen atoms in total. The van der Waals surface area contributed by atoms with Gasteiger partial charge in [0, 0.05) is 6.92 Å². The summed E-state index contributed by atoms with van der Waals surface area (Å²) in [5.74, 6) is -0.253. The molecule has 15 heavy (non-hydrogen) atoms. The van der Waals surface area contributed by atoms with Crippen molar-refractivity contribution in [1.29, 1.82) is 5.26 Å². The molecule has 3 heteroatoms. The van der Waals surface area contributed by atoms with Crippen LogP contribution in [0.15, 0.2) is 30.8 Å². The molecule has 0 N–H and O–H groups in total. The van der Waals surface area contributed by atoms with Gasteiger partial charge in [0.15, 0.2) is 6.19 Å². The van der Waals surface area contributed by atoms with Gasteiger partial charge < -0.3 is 0 Å². The average molecular weight is 200 g/mol. The Labute approximate surface area is 89.2 Å². The third-order valence-corrected chi connectivity index (χ3v) is 2.10. The molecule has 0 heterocycles. The van der Waals surface area contributed by atoms with Crippen molar-refractivity contribution in [1.82, 2.24) is 4.90 Å². The molecular weight excluding hydrogens is 188 g/mol. The van der Waals surface area contributed by atoms with Gasteiger partial charge in [-0.05, 0) is 11.1 Å². The lowest BCUT2D eigenvalue weighted by atomic mass is 10.1. The third kappa shape index (κ3) is 2.68. The molecule has 0 saturated carbocycles. The van der Waals surface area contributed by atoms with E-state index >= 15 is 0 Å². The van der Waals surface area contributed by atoms with E-state index in [4.69, 9.17) is 5.26 Å². The molecule has 76 valence electrons. The van der Waals surface area contributed by atoms with Crippen LogP contribution in [0.2, 0.25) is 0 Å². The summed E-state index contributed by atoms with van der Waals surface area (Å²) < 4.78 is 0. The number of nitrogens with zero attached hydrogens (tertiary/aromatic N) is 2. The van der Waals surface area contributed by atoms with E-state index in [-0.39, 0.29) is 5.91 Å². The minimum Gasteiger partial charge on any atom is -0.274 e. The Hall–Kier alpha value is -2.08. The van der Waals surface area contributed by atoms with E-state index in [1.54, 1.807) is 6.08 Å². The predicted octanol–water partition coefficient (Wildman–Crippen LogP) is 2.16. The fraction of sp³-hybridized carbons (Fsp3) is 0.167. The number of rotatable bonds is 3. The minimum absolute atomic E-state index is 0.253. The first-order valence-corrected chi connectivity index (χ1v) is 4.57. The highest BCUT2D eigenvalue weighted by Crippen LogP contribution is 2.12. The maximum Gasteiger partial charge on any atom is 0.232 e. The number of carbonyl (C=O) groups excluding carboxylic acids is 1. The van der Waals surface area contributed by atoms with Gasteiger partial charge in [-0.1, -0.05) is 36.9 Å². The normalized spacial score (nSPS) is 9.07. The lowest BCUT2D eigenvalue weighted by Gasteiger charge is -2.12. The monoisotopic (exact) mass is 200 g/mol. The Balaban J connectivity index is 2.93. The fourth-order valence-electron chi connectivity index (χ4n) is 1.26. The Kier molecular flexibility index (Phi) is 3.64. The van der Waals surface area contributed by atoms with Crippen LogP contribution in [0.1, 0.15) is 18.1 Å². The molecule has 0 bridgehead atoms. The fourth-order valence-corrected chi connectivity index (χ4v) is 1.26. The van der Waals surface area contributed by atoms with Gasteiger partial charge in [-0.3, -0.25) is 4.79 Å². The van der Waals surface area contributed by atoms with Gasteiger partial charge in [0.05, 0.1) is 6.54 Å². The van der Waals surface area contributed by atoms with E-state index in [1.807, 2.05) is 30.5 Å². The van der Waals surface area contributed by atoms with Crippen molar-refractivity contribution in [3.63, 3.8) is 0 Å². The Bertz CT molecular complexity index is 418. The second kappa shape index (κ2) is 4.97. The van der Waals surface area contributed by atoms with Crippen LogP contribution in [0.5, 0.6) is 0 Å². The number of hydrogen-bond acceptors (Lipinski definition) is 2. The topological polar surface area (TPSA) is 44.1 Å². The predicted molar refractivity (Wildman–Crippen MR) is 58.4 cm³/mol. The number of carbonyl (C=O) groups is 1. The number of amides is 1. The molecule has 0 aliphatic carbocycles. The van der Waals surface area contributed by atoms with Gasteiger partial charge in [-0.15, -0.1) is 0 Å². The standard InChI is InChI=1S/C12H12N2O/c1-3-11-6-4-5-7-12(11)8-14(9-13)10(2)15/h3-7H,1,8H2,2H3. The maximum absolute atomic E-state index is 11.1. The van der Waals surface area contributed by atoms with Crippen LogP contribution in [0.25, 0.3) is 6.08 Å². The van der Waals surface area contributed by atoms with E-state index in [2.05, 4.69) is 6.58 Å². The molecule has 1 aromatic carbocycles. The van der Waals surface area contributed by atoms with E-state index in [0.717, 1.165) is 16.0 Å². The molecule has 1 aromatic rings. The minimum atomic E-state index is -0.253. The second-order valence-corrected chi connectivity index (χ2v) is 3.11. The summed E-state index contributed by atoms with van der Waals surface area (Å²) in [7, 11) is 0. The smallest absolute Gasteiger partial charge is 0.232 e. The molecular formula is C12H12N2O. The highest BCUT2D eigenvalue weighted by Gasteiger charge is 2.09. The molecule has 0 unspecified atom stereocenters. The van der Waals surface area contributed by atoms with Crippen LogP contribution < -0.4 is 0 Å².